The van der Waals surface area contributed by atoms with Crippen LogP contribution in [0.4, 0.5) is 0 Å². The second-order valence-electron chi connectivity index (χ2n) is 5.31. The molecule has 3 heteroatoms. The molecule has 1 rings (SSSR count). The van der Waals surface area contributed by atoms with Crippen molar-refractivity contribution in [3.8, 4) is 5.75 Å². The third-order valence-electron chi connectivity index (χ3n) is 2.97. The van der Waals surface area contributed by atoms with Crippen molar-refractivity contribution in [2.45, 2.75) is 52.5 Å². The number of benzene rings is 1. The predicted octanol–water partition coefficient (Wildman–Crippen LogP) is 4.59. The fraction of sp³-hybridized carbons (Fsp3) is 0.625. The highest BCUT2D eigenvalue weighted by Crippen LogP contribution is 2.25. The maximum Gasteiger partial charge on any atom is 0.138 e. The number of aryl methyl sites for hydroxylation is 1. The van der Waals surface area contributed by atoms with Gasteiger partial charge in [0.15, 0.2) is 0 Å². The second-order valence-corrected chi connectivity index (χ2v) is 5.71. The molecule has 0 aliphatic heterocycles. The van der Waals surface area contributed by atoms with Crippen LogP contribution in [0, 0.1) is 6.92 Å². The molecule has 1 aromatic carbocycles. The molecule has 0 aliphatic rings. The van der Waals surface area contributed by atoms with Crippen LogP contribution in [-0.4, -0.2) is 19.2 Å². The monoisotopic (exact) mass is 283 g/mol. The van der Waals surface area contributed by atoms with E-state index in [1.165, 1.54) is 24.8 Å². The Balaban J connectivity index is 2.06. The summed E-state index contributed by atoms with van der Waals surface area (Å²) in [6, 6.07) is 6.47. The molecule has 0 unspecified atom stereocenters. The highest BCUT2D eigenvalue weighted by atomic mass is 35.5. The van der Waals surface area contributed by atoms with Gasteiger partial charge in [0.2, 0.25) is 0 Å². The summed E-state index contributed by atoms with van der Waals surface area (Å²) >= 11 is 6.07. The van der Waals surface area contributed by atoms with Crippen LogP contribution in [0.1, 0.15) is 45.1 Å². The van der Waals surface area contributed by atoms with Crippen molar-refractivity contribution in [3.63, 3.8) is 0 Å². The lowest BCUT2D eigenvalue weighted by Gasteiger charge is -2.09. The van der Waals surface area contributed by atoms with Crippen LogP contribution in [0.25, 0.3) is 0 Å². The quantitative estimate of drug-likeness (QED) is 0.670. The van der Waals surface area contributed by atoms with Crippen LogP contribution in [0.2, 0.25) is 5.02 Å². The Kier molecular flexibility index (Phi) is 7.92. The fourth-order valence-electron chi connectivity index (χ4n) is 1.87. The van der Waals surface area contributed by atoms with E-state index in [4.69, 9.17) is 16.3 Å². The van der Waals surface area contributed by atoms with Gasteiger partial charge in [0.05, 0.1) is 11.6 Å². The van der Waals surface area contributed by atoms with E-state index in [9.17, 15) is 0 Å². The summed E-state index contributed by atoms with van der Waals surface area (Å²) in [6.45, 7) is 8.27. The zero-order valence-corrected chi connectivity index (χ0v) is 13.1. The molecule has 0 atom stereocenters. The van der Waals surface area contributed by atoms with Gasteiger partial charge in [-0.2, -0.15) is 0 Å². The number of unbranched alkanes of at least 4 members (excludes halogenated alkanes) is 3. The molecule has 1 N–H and O–H groups in total. The normalized spacial score (nSPS) is 11.0. The number of halogens is 1. The first-order valence-corrected chi connectivity index (χ1v) is 7.59. The van der Waals surface area contributed by atoms with E-state index in [1.807, 2.05) is 25.1 Å². The maximum absolute atomic E-state index is 6.07. The summed E-state index contributed by atoms with van der Waals surface area (Å²) < 4.78 is 5.71. The Morgan fingerprint density at radius 1 is 1.16 bits per heavy atom. The molecule has 19 heavy (non-hydrogen) atoms. The highest BCUT2D eigenvalue weighted by Gasteiger charge is 2.01. The summed E-state index contributed by atoms with van der Waals surface area (Å²) in [5, 5.41) is 4.13. The van der Waals surface area contributed by atoms with Gasteiger partial charge in [-0.1, -0.05) is 44.4 Å². The molecule has 0 radical (unpaired) electrons. The number of ether oxygens (including phenoxy) is 1. The van der Waals surface area contributed by atoms with E-state index >= 15 is 0 Å². The average Bonchev–Trinajstić information content (AvgIpc) is 2.36. The minimum absolute atomic E-state index is 0.590. The van der Waals surface area contributed by atoms with Crippen molar-refractivity contribution < 1.29 is 4.74 Å². The number of nitrogens with one attached hydrogen (secondary N) is 1. The Morgan fingerprint density at radius 2 is 1.89 bits per heavy atom. The molecule has 0 heterocycles. The molecule has 0 amide bonds. The third-order valence-corrected chi connectivity index (χ3v) is 3.28. The van der Waals surface area contributed by atoms with E-state index in [0.29, 0.717) is 11.1 Å². The molecule has 0 bridgehead atoms. The molecule has 0 aliphatic carbocycles. The first-order chi connectivity index (χ1) is 9.09. The van der Waals surface area contributed by atoms with Gasteiger partial charge in [-0.15, -0.1) is 0 Å². The molecule has 0 fully saturated rings. The van der Waals surface area contributed by atoms with Crippen molar-refractivity contribution in [2.24, 2.45) is 0 Å². The molecular formula is C16H26ClNO. The number of hydrogen-bond acceptors (Lipinski definition) is 2. The van der Waals surface area contributed by atoms with Crippen molar-refractivity contribution in [3.05, 3.63) is 28.8 Å². The molecule has 2 nitrogen and oxygen atoms in total. The van der Waals surface area contributed by atoms with Gasteiger partial charge in [0.25, 0.3) is 0 Å². The maximum atomic E-state index is 6.07. The topological polar surface area (TPSA) is 21.3 Å². The van der Waals surface area contributed by atoms with E-state index in [0.717, 1.165) is 25.3 Å². The lowest BCUT2D eigenvalue weighted by molar-refractivity contribution is 0.304. The number of hydrogen-bond donors (Lipinski definition) is 1. The van der Waals surface area contributed by atoms with Gasteiger partial charge in [0.1, 0.15) is 5.75 Å². The second kappa shape index (κ2) is 9.22. The smallest absolute Gasteiger partial charge is 0.138 e. The first-order valence-electron chi connectivity index (χ1n) is 7.22. The summed E-state index contributed by atoms with van der Waals surface area (Å²) in [6.07, 6.45) is 4.79. The van der Waals surface area contributed by atoms with Crippen LogP contribution in [0.5, 0.6) is 5.75 Å². The number of rotatable bonds is 9. The molecule has 108 valence electrons. The van der Waals surface area contributed by atoms with Gasteiger partial charge in [0, 0.05) is 6.04 Å². The largest absolute Gasteiger partial charge is 0.492 e. The zero-order valence-electron chi connectivity index (χ0n) is 12.3. The van der Waals surface area contributed by atoms with Crippen molar-refractivity contribution in [1.29, 1.82) is 0 Å². The average molecular weight is 284 g/mol. The summed E-state index contributed by atoms with van der Waals surface area (Å²) in [5.74, 6) is 0.808. The van der Waals surface area contributed by atoms with Gasteiger partial charge < -0.3 is 10.1 Å². The summed E-state index contributed by atoms with van der Waals surface area (Å²) in [5.41, 5.74) is 1.18. The Labute approximate surface area is 122 Å². The third kappa shape index (κ3) is 7.44. The zero-order chi connectivity index (χ0) is 14.1. The van der Waals surface area contributed by atoms with Crippen LogP contribution in [-0.2, 0) is 0 Å². The van der Waals surface area contributed by atoms with Crippen molar-refractivity contribution in [2.75, 3.05) is 13.2 Å². The van der Waals surface area contributed by atoms with E-state index in [-0.39, 0.29) is 0 Å². The highest BCUT2D eigenvalue weighted by molar-refractivity contribution is 6.32. The van der Waals surface area contributed by atoms with Crippen LogP contribution < -0.4 is 10.1 Å². The summed E-state index contributed by atoms with van der Waals surface area (Å²) in [7, 11) is 0. The molecular weight excluding hydrogens is 258 g/mol. The Hall–Kier alpha value is -0.730. The molecule has 0 aromatic heterocycles. The Morgan fingerprint density at radius 3 is 2.63 bits per heavy atom. The van der Waals surface area contributed by atoms with Gasteiger partial charge in [-0.3, -0.25) is 0 Å². The van der Waals surface area contributed by atoms with Crippen LogP contribution in [0.15, 0.2) is 18.2 Å². The van der Waals surface area contributed by atoms with Gasteiger partial charge in [-0.25, -0.2) is 0 Å². The van der Waals surface area contributed by atoms with Crippen LogP contribution in [0.3, 0.4) is 0 Å². The van der Waals surface area contributed by atoms with E-state index in [2.05, 4.69) is 19.2 Å². The minimum Gasteiger partial charge on any atom is -0.492 e. The molecule has 0 saturated carbocycles. The van der Waals surface area contributed by atoms with Crippen molar-refractivity contribution >= 4 is 11.6 Å². The van der Waals surface area contributed by atoms with Crippen LogP contribution >= 0.6 is 11.6 Å². The lowest BCUT2D eigenvalue weighted by Crippen LogP contribution is -2.23. The molecule has 0 saturated heterocycles. The standard InChI is InChI=1S/C16H26ClNO/c1-13(2)18-10-6-4-5-7-11-19-16-12-14(3)8-9-15(16)17/h8-9,12-13,18H,4-7,10-11H2,1-3H3. The fourth-order valence-corrected chi connectivity index (χ4v) is 2.05. The van der Waals surface area contributed by atoms with Gasteiger partial charge in [-0.05, 0) is 44.0 Å². The molecule has 1 aromatic rings. The van der Waals surface area contributed by atoms with E-state index < -0.39 is 0 Å². The Bertz CT molecular complexity index is 366. The minimum atomic E-state index is 0.590. The van der Waals surface area contributed by atoms with E-state index in [1.54, 1.807) is 0 Å². The lowest BCUT2D eigenvalue weighted by atomic mass is 10.2. The first kappa shape index (κ1) is 16.3. The summed E-state index contributed by atoms with van der Waals surface area (Å²) in [4.78, 5) is 0. The van der Waals surface area contributed by atoms with Crippen molar-refractivity contribution in [1.82, 2.24) is 5.32 Å². The molecule has 0 spiro atoms. The van der Waals surface area contributed by atoms with Gasteiger partial charge >= 0.3 is 0 Å². The predicted molar refractivity (Wildman–Crippen MR) is 83.3 cm³/mol. The SMILES string of the molecule is Cc1ccc(Cl)c(OCCCCCCNC(C)C)c1.